The number of hydrogen-bond donors (Lipinski definition) is 1. The van der Waals surface area contributed by atoms with Crippen molar-refractivity contribution < 1.29 is 4.39 Å². The van der Waals surface area contributed by atoms with E-state index in [2.05, 4.69) is 25.5 Å². The minimum atomic E-state index is -0.172. The summed E-state index contributed by atoms with van der Waals surface area (Å²) in [6.45, 7) is 6.62. The molecule has 0 aromatic heterocycles. The van der Waals surface area contributed by atoms with Crippen molar-refractivity contribution in [1.82, 2.24) is 4.72 Å². The van der Waals surface area contributed by atoms with Crippen molar-refractivity contribution in [3.8, 4) is 0 Å². The van der Waals surface area contributed by atoms with Gasteiger partial charge in [0.05, 0.1) is 0 Å². The Labute approximate surface area is 140 Å². The first-order valence-corrected chi connectivity index (χ1v) is 9.74. The van der Waals surface area contributed by atoms with Crippen LogP contribution in [0.25, 0.3) is 0 Å². The second-order valence-electron chi connectivity index (χ2n) is 6.34. The first kappa shape index (κ1) is 19.5. The number of unbranched alkanes of at least 4 members (excludes halogenated alkanes) is 4. The van der Waals surface area contributed by atoms with Crippen LogP contribution in [0.15, 0.2) is 24.3 Å². The molecule has 1 saturated carbocycles. The van der Waals surface area contributed by atoms with Crippen molar-refractivity contribution in [3.63, 3.8) is 0 Å². The summed E-state index contributed by atoms with van der Waals surface area (Å²) in [5.41, 5.74) is 1.13. The molecule has 0 spiro atoms. The number of hydrogen-bond acceptors (Lipinski definition) is 2. The molecule has 126 valence electrons. The molecule has 2 rings (SSSR count). The zero-order valence-electron chi connectivity index (χ0n) is 14.4. The van der Waals surface area contributed by atoms with Crippen molar-refractivity contribution in [1.29, 1.82) is 0 Å². The van der Waals surface area contributed by atoms with E-state index in [9.17, 15) is 4.39 Å². The van der Waals surface area contributed by atoms with Gasteiger partial charge in [-0.3, -0.25) is 4.72 Å². The number of nitrogens with one attached hydrogen (secondary N) is 1. The van der Waals surface area contributed by atoms with Gasteiger partial charge in [0, 0.05) is 11.8 Å². The van der Waals surface area contributed by atoms with E-state index in [1.807, 2.05) is 12.1 Å². The van der Waals surface area contributed by atoms with Crippen LogP contribution in [0.4, 0.5) is 4.39 Å². The summed E-state index contributed by atoms with van der Waals surface area (Å²) >= 11 is 1.77. The van der Waals surface area contributed by atoms with Crippen LogP contribution < -0.4 is 4.72 Å². The first-order valence-electron chi connectivity index (χ1n) is 8.76. The van der Waals surface area contributed by atoms with Gasteiger partial charge in [-0.25, -0.2) is 4.39 Å². The largest absolute Gasteiger partial charge is 0.257 e. The van der Waals surface area contributed by atoms with Gasteiger partial charge in [-0.2, -0.15) is 0 Å². The Hall–Kier alpha value is -0.540. The monoisotopic (exact) mass is 325 g/mol. The van der Waals surface area contributed by atoms with E-state index >= 15 is 0 Å². The Morgan fingerprint density at radius 1 is 1.14 bits per heavy atom. The maximum absolute atomic E-state index is 12.8. The van der Waals surface area contributed by atoms with E-state index in [1.165, 1.54) is 57.1 Å². The van der Waals surface area contributed by atoms with Crippen LogP contribution in [0.3, 0.4) is 0 Å². The Bertz CT molecular complexity index is 376. The number of rotatable bonds is 9. The zero-order chi connectivity index (χ0) is 16.2. The second kappa shape index (κ2) is 12.0. The lowest BCUT2D eigenvalue weighted by molar-refractivity contribution is 0.625. The van der Waals surface area contributed by atoms with Gasteiger partial charge < -0.3 is 0 Å². The molecule has 1 aromatic carbocycles. The highest BCUT2D eigenvalue weighted by atomic mass is 32.2. The van der Waals surface area contributed by atoms with E-state index in [-0.39, 0.29) is 11.9 Å². The van der Waals surface area contributed by atoms with Crippen molar-refractivity contribution in [2.24, 2.45) is 5.92 Å². The Kier molecular flexibility index (Phi) is 10.6. The normalized spacial score (nSPS) is 15.1. The number of halogens is 1. The van der Waals surface area contributed by atoms with Crippen LogP contribution in [-0.2, 0) is 0 Å². The lowest BCUT2D eigenvalue weighted by Gasteiger charge is -2.13. The highest BCUT2D eigenvalue weighted by Gasteiger charge is 2.12. The van der Waals surface area contributed by atoms with Crippen LogP contribution in [0.1, 0.15) is 77.3 Å². The molecule has 0 radical (unpaired) electrons. The third-order valence-corrected chi connectivity index (χ3v) is 4.86. The van der Waals surface area contributed by atoms with Crippen LogP contribution in [0.2, 0.25) is 0 Å². The molecule has 0 saturated heterocycles. The van der Waals surface area contributed by atoms with Crippen LogP contribution >= 0.6 is 11.9 Å². The predicted octanol–water partition coefficient (Wildman–Crippen LogP) is 6.51. The molecule has 1 atom stereocenters. The maximum atomic E-state index is 12.8. The lowest BCUT2D eigenvalue weighted by Crippen LogP contribution is -2.11. The van der Waals surface area contributed by atoms with Crippen LogP contribution in [0, 0.1) is 11.7 Å². The fourth-order valence-corrected chi connectivity index (χ4v) is 2.80. The minimum absolute atomic E-state index is 0.172. The van der Waals surface area contributed by atoms with E-state index < -0.39 is 0 Å². The van der Waals surface area contributed by atoms with E-state index in [0.717, 1.165) is 17.2 Å². The smallest absolute Gasteiger partial charge is 0.123 e. The summed E-state index contributed by atoms with van der Waals surface area (Å²) < 4.78 is 16.2. The van der Waals surface area contributed by atoms with Gasteiger partial charge in [0.2, 0.25) is 0 Å². The summed E-state index contributed by atoms with van der Waals surface area (Å²) in [4.78, 5) is 0. The summed E-state index contributed by atoms with van der Waals surface area (Å²) in [6, 6.07) is 6.99. The quantitative estimate of drug-likeness (QED) is 0.410. The van der Waals surface area contributed by atoms with E-state index in [4.69, 9.17) is 0 Å². The van der Waals surface area contributed by atoms with Crippen molar-refractivity contribution in [3.05, 3.63) is 35.6 Å². The molecular weight excluding hydrogens is 293 g/mol. The molecule has 1 fully saturated rings. The van der Waals surface area contributed by atoms with Crippen molar-refractivity contribution in [2.45, 2.75) is 71.8 Å². The SMILES string of the molecule is CC1CC1.CCCCCCCSNC(C)c1ccc(F)cc1. The molecule has 0 bridgehead atoms. The summed E-state index contributed by atoms with van der Waals surface area (Å²) in [5, 5.41) is 0. The van der Waals surface area contributed by atoms with Crippen molar-refractivity contribution >= 4 is 11.9 Å². The molecule has 1 nitrogen and oxygen atoms in total. The topological polar surface area (TPSA) is 12.0 Å². The number of benzene rings is 1. The van der Waals surface area contributed by atoms with Gasteiger partial charge in [0.25, 0.3) is 0 Å². The second-order valence-corrected chi connectivity index (χ2v) is 7.27. The predicted molar refractivity (Wildman–Crippen MR) is 97.6 cm³/mol. The molecular formula is C19H32FNS. The third-order valence-electron chi connectivity index (χ3n) is 3.85. The minimum Gasteiger partial charge on any atom is -0.257 e. The molecule has 22 heavy (non-hydrogen) atoms. The van der Waals surface area contributed by atoms with Gasteiger partial charge in [-0.1, -0.05) is 76.5 Å². The average Bonchev–Trinajstić information content (AvgIpc) is 3.30. The van der Waals surface area contributed by atoms with Gasteiger partial charge in [0.15, 0.2) is 0 Å². The molecule has 3 heteroatoms. The third kappa shape index (κ3) is 10.2. The average molecular weight is 326 g/mol. The first-order chi connectivity index (χ1) is 10.6. The van der Waals surface area contributed by atoms with Gasteiger partial charge in [0.1, 0.15) is 5.82 Å². The van der Waals surface area contributed by atoms with Gasteiger partial charge in [-0.15, -0.1) is 0 Å². The zero-order valence-corrected chi connectivity index (χ0v) is 15.2. The van der Waals surface area contributed by atoms with Crippen LogP contribution in [0.5, 0.6) is 0 Å². The maximum Gasteiger partial charge on any atom is 0.123 e. The Balaban J connectivity index is 0.000000519. The van der Waals surface area contributed by atoms with E-state index in [0.29, 0.717) is 0 Å². The molecule has 1 N–H and O–H groups in total. The highest BCUT2D eigenvalue weighted by Crippen LogP contribution is 2.26. The Morgan fingerprint density at radius 2 is 1.73 bits per heavy atom. The molecule has 0 amide bonds. The molecule has 0 heterocycles. The molecule has 1 aliphatic rings. The fourth-order valence-electron chi connectivity index (χ4n) is 1.95. The Morgan fingerprint density at radius 3 is 2.27 bits per heavy atom. The summed E-state index contributed by atoms with van der Waals surface area (Å²) in [5.74, 6) is 2.06. The molecule has 1 unspecified atom stereocenters. The molecule has 1 aromatic rings. The van der Waals surface area contributed by atoms with E-state index in [1.54, 1.807) is 11.9 Å². The van der Waals surface area contributed by atoms with Gasteiger partial charge in [-0.05, 0) is 37.0 Å². The van der Waals surface area contributed by atoms with Gasteiger partial charge >= 0.3 is 0 Å². The highest BCUT2D eigenvalue weighted by molar-refractivity contribution is 7.97. The summed E-state index contributed by atoms with van der Waals surface area (Å²) in [7, 11) is 0. The molecule has 1 aliphatic carbocycles. The fraction of sp³-hybridized carbons (Fsp3) is 0.684. The lowest BCUT2D eigenvalue weighted by atomic mass is 10.1. The molecule has 0 aliphatic heterocycles. The standard InChI is InChI=1S/C15H24FNS.C4H8/c1-3-4-5-6-7-12-18-17-13(2)14-8-10-15(16)11-9-14;1-4-2-3-4/h8-11,13,17H,3-7,12H2,1-2H3;4H,2-3H2,1H3. The van der Waals surface area contributed by atoms with Crippen LogP contribution in [-0.4, -0.2) is 5.75 Å². The summed E-state index contributed by atoms with van der Waals surface area (Å²) in [6.07, 6.45) is 9.57. The van der Waals surface area contributed by atoms with Crippen molar-refractivity contribution in [2.75, 3.05) is 5.75 Å².